The highest BCUT2D eigenvalue weighted by Crippen LogP contribution is 2.27. The molecule has 0 bridgehead atoms. The van der Waals surface area contributed by atoms with Gasteiger partial charge in [0.2, 0.25) is 0 Å². The fourth-order valence-corrected chi connectivity index (χ4v) is 4.06. The fourth-order valence-electron chi connectivity index (χ4n) is 4.06. The fraction of sp³-hybridized carbons (Fsp3) is 0.550. The number of piperazine rings is 1. The number of likely N-dealkylation sites (tertiary alicyclic amines) is 1. The summed E-state index contributed by atoms with van der Waals surface area (Å²) < 4.78 is 2.21. The molecule has 1 atom stereocenters. The van der Waals surface area contributed by atoms with Gasteiger partial charge in [-0.25, -0.2) is 9.78 Å². The van der Waals surface area contributed by atoms with E-state index in [4.69, 9.17) is 0 Å². The normalized spacial score (nSPS) is 21.4. The molecule has 7 nitrogen and oxygen atoms in total. The zero-order valence-corrected chi connectivity index (χ0v) is 16.0. The van der Waals surface area contributed by atoms with Crippen LogP contribution in [0.2, 0.25) is 0 Å². The van der Waals surface area contributed by atoms with E-state index in [0.29, 0.717) is 5.92 Å². The first kappa shape index (κ1) is 18.0. The summed E-state index contributed by atoms with van der Waals surface area (Å²) in [5.41, 5.74) is 1.21. The van der Waals surface area contributed by atoms with Crippen LogP contribution in [0.1, 0.15) is 30.1 Å². The number of carbonyl (C=O) groups is 1. The van der Waals surface area contributed by atoms with Gasteiger partial charge in [-0.2, -0.15) is 0 Å². The molecule has 4 heterocycles. The Bertz CT molecular complexity index is 753. The molecule has 2 aliphatic heterocycles. The molecule has 0 aromatic carbocycles. The van der Waals surface area contributed by atoms with E-state index in [1.54, 1.807) is 0 Å². The molecule has 0 aliphatic carbocycles. The Labute approximate surface area is 160 Å². The first-order chi connectivity index (χ1) is 13.2. The largest absolute Gasteiger partial charge is 0.330 e. The number of imidazole rings is 1. The van der Waals surface area contributed by atoms with Crippen molar-refractivity contribution in [1.29, 1.82) is 0 Å². The average molecular weight is 368 g/mol. The van der Waals surface area contributed by atoms with Gasteiger partial charge in [-0.05, 0) is 37.6 Å². The summed E-state index contributed by atoms with van der Waals surface area (Å²) in [5, 5.41) is 0. The molecule has 27 heavy (non-hydrogen) atoms. The maximum absolute atomic E-state index is 13.0. The van der Waals surface area contributed by atoms with Crippen molar-refractivity contribution >= 4 is 6.03 Å². The van der Waals surface area contributed by atoms with Gasteiger partial charge in [0.1, 0.15) is 5.82 Å². The molecule has 2 aromatic heterocycles. The highest BCUT2D eigenvalue weighted by atomic mass is 16.2. The van der Waals surface area contributed by atoms with Crippen molar-refractivity contribution in [1.82, 2.24) is 29.2 Å². The van der Waals surface area contributed by atoms with Crippen LogP contribution in [0.5, 0.6) is 0 Å². The number of pyridine rings is 1. The van der Waals surface area contributed by atoms with Gasteiger partial charge in [-0.3, -0.25) is 4.98 Å². The Morgan fingerprint density at radius 1 is 1.07 bits per heavy atom. The summed E-state index contributed by atoms with van der Waals surface area (Å²) in [7, 11) is 2.11. The molecule has 4 rings (SSSR count). The zero-order valence-electron chi connectivity index (χ0n) is 16.0. The Hall–Kier alpha value is -2.41. The van der Waals surface area contributed by atoms with Gasteiger partial charge in [-0.1, -0.05) is 0 Å². The number of likely N-dealkylation sites (N-methyl/N-ethyl adjacent to an activating group) is 1. The van der Waals surface area contributed by atoms with Gasteiger partial charge in [-0.15, -0.1) is 0 Å². The second-order valence-electron chi connectivity index (χ2n) is 7.63. The Kier molecular flexibility index (Phi) is 5.38. The van der Waals surface area contributed by atoms with Crippen LogP contribution >= 0.6 is 0 Å². The van der Waals surface area contributed by atoms with E-state index in [1.165, 1.54) is 5.56 Å². The van der Waals surface area contributed by atoms with E-state index >= 15 is 0 Å². The van der Waals surface area contributed by atoms with Crippen LogP contribution in [0.25, 0.3) is 0 Å². The second kappa shape index (κ2) is 8.08. The number of carbonyl (C=O) groups excluding carboxylic acids is 1. The van der Waals surface area contributed by atoms with Crippen molar-refractivity contribution < 1.29 is 4.79 Å². The smallest absolute Gasteiger partial charge is 0.320 e. The number of hydrogen-bond acceptors (Lipinski definition) is 4. The number of nitrogens with zero attached hydrogens (tertiary/aromatic N) is 6. The molecular formula is C20H28N6O. The third kappa shape index (κ3) is 4.13. The Balaban J connectivity index is 1.43. The van der Waals surface area contributed by atoms with E-state index in [0.717, 1.165) is 64.5 Å². The molecule has 0 saturated carbocycles. The lowest BCUT2D eigenvalue weighted by molar-refractivity contribution is 0.111. The minimum Gasteiger partial charge on any atom is -0.330 e. The molecule has 0 radical (unpaired) electrons. The summed E-state index contributed by atoms with van der Waals surface area (Å²) in [4.78, 5) is 28.0. The van der Waals surface area contributed by atoms with Crippen LogP contribution in [0.3, 0.4) is 0 Å². The van der Waals surface area contributed by atoms with E-state index in [-0.39, 0.29) is 6.03 Å². The first-order valence-electron chi connectivity index (χ1n) is 9.83. The van der Waals surface area contributed by atoms with Gasteiger partial charge in [0.15, 0.2) is 0 Å². The van der Waals surface area contributed by atoms with Crippen LogP contribution < -0.4 is 0 Å². The van der Waals surface area contributed by atoms with Gasteiger partial charge in [0, 0.05) is 76.5 Å². The van der Waals surface area contributed by atoms with Gasteiger partial charge < -0.3 is 19.3 Å². The minimum atomic E-state index is 0.194. The molecule has 0 spiro atoms. The van der Waals surface area contributed by atoms with E-state index in [2.05, 4.69) is 26.5 Å². The summed E-state index contributed by atoms with van der Waals surface area (Å²) in [6.45, 7) is 5.98. The molecule has 2 saturated heterocycles. The quantitative estimate of drug-likeness (QED) is 0.830. The Morgan fingerprint density at radius 3 is 2.63 bits per heavy atom. The van der Waals surface area contributed by atoms with Crippen LogP contribution in [0.4, 0.5) is 4.79 Å². The molecule has 0 unspecified atom stereocenters. The maximum atomic E-state index is 13.0. The number of hydrogen-bond donors (Lipinski definition) is 0. The third-order valence-electron chi connectivity index (χ3n) is 5.68. The van der Waals surface area contributed by atoms with Crippen LogP contribution in [-0.4, -0.2) is 81.6 Å². The van der Waals surface area contributed by atoms with E-state index in [9.17, 15) is 4.79 Å². The molecule has 2 aliphatic rings. The molecule has 2 amide bonds. The third-order valence-corrected chi connectivity index (χ3v) is 5.68. The van der Waals surface area contributed by atoms with Gasteiger partial charge >= 0.3 is 6.03 Å². The summed E-state index contributed by atoms with van der Waals surface area (Å²) in [6, 6.07) is 4.27. The summed E-state index contributed by atoms with van der Waals surface area (Å²) in [5.74, 6) is 1.38. The monoisotopic (exact) mass is 368 g/mol. The lowest BCUT2D eigenvalue weighted by Crippen LogP contribution is -2.53. The average Bonchev–Trinajstić information content (AvgIpc) is 3.17. The van der Waals surface area contributed by atoms with Crippen molar-refractivity contribution in [3.05, 3.63) is 48.3 Å². The predicted octanol–water partition coefficient (Wildman–Crippen LogP) is 1.87. The summed E-state index contributed by atoms with van der Waals surface area (Å²) in [6.07, 6.45) is 9.67. The number of urea groups is 1. The number of piperidine rings is 1. The predicted molar refractivity (Wildman–Crippen MR) is 104 cm³/mol. The maximum Gasteiger partial charge on any atom is 0.320 e. The molecule has 144 valence electrons. The molecule has 2 fully saturated rings. The molecule has 7 heteroatoms. The first-order valence-corrected chi connectivity index (χ1v) is 9.83. The van der Waals surface area contributed by atoms with E-state index < -0.39 is 0 Å². The zero-order chi connectivity index (χ0) is 18.6. The molecule has 2 aromatic rings. The molecular weight excluding hydrogens is 340 g/mol. The lowest BCUT2D eigenvalue weighted by Gasteiger charge is -2.39. The number of rotatable bonds is 3. The van der Waals surface area contributed by atoms with E-state index in [1.807, 2.05) is 46.7 Å². The Morgan fingerprint density at radius 2 is 1.85 bits per heavy atom. The van der Waals surface area contributed by atoms with Crippen LogP contribution in [-0.2, 0) is 6.54 Å². The SMILES string of the molecule is CN1CCN(C(=O)N2CCC[C@H](c3nccn3Cc3ccncc3)C2)CC1. The minimum absolute atomic E-state index is 0.194. The highest BCUT2D eigenvalue weighted by Gasteiger charge is 2.30. The van der Waals surface area contributed by atoms with Crippen LogP contribution in [0.15, 0.2) is 36.9 Å². The van der Waals surface area contributed by atoms with Crippen molar-refractivity contribution in [2.24, 2.45) is 0 Å². The molecule has 0 N–H and O–H groups in total. The summed E-state index contributed by atoms with van der Waals surface area (Å²) >= 11 is 0. The van der Waals surface area contributed by atoms with Gasteiger partial charge in [0.05, 0.1) is 0 Å². The standard InChI is InChI=1S/C20H28N6O/c1-23-11-13-24(14-12-23)20(27)26-9-2-3-18(16-26)19-22-8-10-25(19)15-17-4-6-21-7-5-17/h4-8,10,18H,2-3,9,11-16H2,1H3/t18-/m0/s1. The van der Waals surface area contributed by atoms with Crippen molar-refractivity contribution in [2.45, 2.75) is 25.3 Å². The van der Waals surface area contributed by atoms with Crippen LogP contribution in [0, 0.1) is 0 Å². The van der Waals surface area contributed by atoms with Crippen molar-refractivity contribution in [2.75, 3.05) is 46.3 Å². The van der Waals surface area contributed by atoms with Gasteiger partial charge in [0.25, 0.3) is 0 Å². The van der Waals surface area contributed by atoms with Crippen molar-refractivity contribution in [3.63, 3.8) is 0 Å². The van der Waals surface area contributed by atoms with Crippen molar-refractivity contribution in [3.8, 4) is 0 Å². The number of aromatic nitrogens is 3. The lowest BCUT2D eigenvalue weighted by atomic mass is 9.97. The number of amides is 2. The second-order valence-corrected chi connectivity index (χ2v) is 7.63. The highest BCUT2D eigenvalue weighted by molar-refractivity contribution is 5.74. The topological polar surface area (TPSA) is 57.5 Å².